The number of carbonyl (C=O) groups excluding carboxylic acids is 3. The van der Waals surface area contributed by atoms with Crippen LogP contribution in [0.4, 0.5) is 5.69 Å². The summed E-state index contributed by atoms with van der Waals surface area (Å²) < 4.78 is 16.1. The van der Waals surface area contributed by atoms with E-state index in [-0.39, 0.29) is 18.0 Å². The molecule has 9 nitrogen and oxygen atoms in total. The number of carbonyl (C=O) groups is 3. The van der Waals surface area contributed by atoms with Gasteiger partial charge in [0.2, 0.25) is 5.91 Å². The van der Waals surface area contributed by atoms with E-state index in [1.807, 2.05) is 45.9 Å². The predicted octanol–water partition coefficient (Wildman–Crippen LogP) is 4.21. The van der Waals surface area contributed by atoms with E-state index in [9.17, 15) is 14.4 Å². The fourth-order valence-electron chi connectivity index (χ4n) is 3.49. The van der Waals surface area contributed by atoms with Crippen LogP contribution in [0.1, 0.15) is 46.3 Å². The lowest BCUT2D eigenvalue weighted by Crippen LogP contribution is -2.40. The molecule has 0 aliphatic rings. The Morgan fingerprint density at radius 1 is 1.03 bits per heavy atom. The standard InChI is InChI=1S/C27H31N3O6/c1-5-14-30(15-25(31)28-24-9-7-6-8-18(24)2)26(32)17-35-27(33)21-10-12-22(13-11-21)34-16-23-19(3)29-36-20(23)4/h6-13H,5,14-17H2,1-4H3,(H,28,31). The van der Waals surface area contributed by atoms with Crippen molar-refractivity contribution in [2.24, 2.45) is 0 Å². The van der Waals surface area contributed by atoms with Crippen molar-refractivity contribution in [3.63, 3.8) is 0 Å². The van der Waals surface area contributed by atoms with Crippen LogP contribution in [0.3, 0.4) is 0 Å². The molecule has 2 amide bonds. The Kier molecular flexibility index (Phi) is 9.21. The lowest BCUT2D eigenvalue weighted by molar-refractivity contribution is -0.137. The number of aromatic nitrogens is 1. The molecular weight excluding hydrogens is 462 g/mol. The quantitative estimate of drug-likeness (QED) is 0.398. The van der Waals surface area contributed by atoms with Crippen LogP contribution in [0.2, 0.25) is 0 Å². The minimum absolute atomic E-state index is 0.129. The highest BCUT2D eigenvalue weighted by atomic mass is 16.5. The Hall–Kier alpha value is -4.14. The highest BCUT2D eigenvalue weighted by Crippen LogP contribution is 2.18. The molecule has 0 saturated heterocycles. The number of rotatable bonds is 11. The fraction of sp³-hybridized carbons (Fsp3) is 0.333. The molecule has 0 unspecified atom stereocenters. The summed E-state index contributed by atoms with van der Waals surface area (Å²) in [7, 11) is 0. The van der Waals surface area contributed by atoms with Gasteiger partial charge in [0.25, 0.3) is 5.91 Å². The van der Waals surface area contributed by atoms with Gasteiger partial charge in [-0.2, -0.15) is 0 Å². The predicted molar refractivity (Wildman–Crippen MR) is 134 cm³/mol. The first-order chi connectivity index (χ1) is 17.3. The molecule has 0 saturated carbocycles. The Morgan fingerprint density at radius 3 is 2.39 bits per heavy atom. The van der Waals surface area contributed by atoms with Gasteiger partial charge in [0.15, 0.2) is 6.61 Å². The molecule has 2 aromatic carbocycles. The number of esters is 1. The van der Waals surface area contributed by atoms with Crippen molar-refractivity contribution < 1.29 is 28.4 Å². The number of para-hydroxylation sites is 1. The van der Waals surface area contributed by atoms with Crippen LogP contribution in [-0.4, -0.2) is 47.5 Å². The van der Waals surface area contributed by atoms with Crippen molar-refractivity contribution in [2.75, 3.05) is 25.0 Å². The van der Waals surface area contributed by atoms with Crippen molar-refractivity contribution in [2.45, 2.75) is 40.7 Å². The third-order valence-corrected chi connectivity index (χ3v) is 5.58. The fourth-order valence-corrected chi connectivity index (χ4v) is 3.49. The first kappa shape index (κ1) is 26.5. The summed E-state index contributed by atoms with van der Waals surface area (Å²) in [5, 5.41) is 6.71. The number of benzene rings is 2. The van der Waals surface area contributed by atoms with E-state index in [1.54, 1.807) is 30.3 Å². The smallest absolute Gasteiger partial charge is 0.338 e. The molecule has 0 bridgehead atoms. The van der Waals surface area contributed by atoms with E-state index < -0.39 is 18.5 Å². The van der Waals surface area contributed by atoms with E-state index in [2.05, 4.69) is 10.5 Å². The third kappa shape index (κ3) is 7.18. The number of hydrogen-bond acceptors (Lipinski definition) is 7. The molecule has 3 aromatic rings. The second kappa shape index (κ2) is 12.5. The number of nitrogens with one attached hydrogen (secondary N) is 1. The Labute approximate surface area is 210 Å². The molecule has 0 aliphatic carbocycles. The Morgan fingerprint density at radius 2 is 1.75 bits per heavy atom. The van der Waals surface area contributed by atoms with Crippen molar-refractivity contribution in [3.8, 4) is 5.75 Å². The van der Waals surface area contributed by atoms with Gasteiger partial charge in [-0.3, -0.25) is 9.59 Å². The van der Waals surface area contributed by atoms with Gasteiger partial charge in [-0.15, -0.1) is 0 Å². The van der Waals surface area contributed by atoms with E-state index in [4.69, 9.17) is 14.0 Å². The Bertz CT molecular complexity index is 1180. The van der Waals surface area contributed by atoms with Crippen LogP contribution in [0.25, 0.3) is 0 Å². The number of amides is 2. The molecule has 9 heteroatoms. The van der Waals surface area contributed by atoms with Crippen LogP contribution in [0, 0.1) is 20.8 Å². The molecule has 36 heavy (non-hydrogen) atoms. The first-order valence-corrected chi connectivity index (χ1v) is 11.7. The summed E-state index contributed by atoms with van der Waals surface area (Å²) in [6, 6.07) is 13.8. The topological polar surface area (TPSA) is 111 Å². The summed E-state index contributed by atoms with van der Waals surface area (Å²) in [6.07, 6.45) is 0.659. The van der Waals surface area contributed by atoms with Gasteiger partial charge < -0.3 is 24.2 Å². The molecular formula is C27H31N3O6. The van der Waals surface area contributed by atoms with Crippen LogP contribution >= 0.6 is 0 Å². The van der Waals surface area contributed by atoms with Crippen LogP contribution in [-0.2, 0) is 20.9 Å². The van der Waals surface area contributed by atoms with Crippen molar-refractivity contribution >= 4 is 23.5 Å². The lowest BCUT2D eigenvalue weighted by atomic mass is 10.2. The molecule has 190 valence electrons. The van der Waals surface area contributed by atoms with Gasteiger partial charge in [0.05, 0.1) is 23.4 Å². The molecule has 0 aliphatic heterocycles. The number of hydrogen-bond donors (Lipinski definition) is 1. The van der Waals surface area contributed by atoms with Crippen LogP contribution in [0.15, 0.2) is 53.1 Å². The minimum atomic E-state index is -0.638. The van der Waals surface area contributed by atoms with Crippen LogP contribution < -0.4 is 10.1 Å². The van der Waals surface area contributed by atoms with Gasteiger partial charge in [-0.25, -0.2) is 4.79 Å². The highest BCUT2D eigenvalue weighted by molar-refractivity contribution is 5.96. The number of ether oxygens (including phenoxy) is 2. The van der Waals surface area contributed by atoms with Crippen molar-refractivity contribution in [3.05, 3.63) is 76.7 Å². The number of aryl methyl sites for hydroxylation is 3. The van der Waals surface area contributed by atoms with Crippen molar-refractivity contribution in [1.82, 2.24) is 10.1 Å². The average Bonchev–Trinajstić information content (AvgIpc) is 3.19. The third-order valence-electron chi connectivity index (χ3n) is 5.58. The van der Waals surface area contributed by atoms with Gasteiger partial charge in [-0.05, 0) is 63.1 Å². The minimum Gasteiger partial charge on any atom is -0.489 e. The molecule has 1 N–H and O–H groups in total. The molecule has 3 rings (SSSR count). The maximum Gasteiger partial charge on any atom is 0.338 e. The molecule has 1 heterocycles. The summed E-state index contributed by atoms with van der Waals surface area (Å²) in [5.74, 6) is -0.130. The summed E-state index contributed by atoms with van der Waals surface area (Å²) in [5.41, 5.74) is 3.54. The zero-order chi connectivity index (χ0) is 26.1. The maximum atomic E-state index is 12.7. The monoisotopic (exact) mass is 493 g/mol. The summed E-state index contributed by atoms with van der Waals surface area (Å²) in [6.45, 7) is 7.53. The summed E-state index contributed by atoms with van der Waals surface area (Å²) in [4.78, 5) is 39.0. The lowest BCUT2D eigenvalue weighted by Gasteiger charge is -2.21. The van der Waals surface area contributed by atoms with Gasteiger partial charge in [-0.1, -0.05) is 30.3 Å². The molecule has 1 aromatic heterocycles. The SMILES string of the molecule is CCCN(CC(=O)Nc1ccccc1C)C(=O)COC(=O)c1ccc(OCc2c(C)noc2C)cc1. The average molecular weight is 494 g/mol. The van der Waals surface area contributed by atoms with Gasteiger partial charge in [0.1, 0.15) is 18.1 Å². The molecule has 0 spiro atoms. The zero-order valence-electron chi connectivity index (χ0n) is 21.0. The molecule has 0 fully saturated rings. The zero-order valence-corrected chi connectivity index (χ0v) is 21.0. The van der Waals surface area contributed by atoms with E-state index >= 15 is 0 Å². The van der Waals surface area contributed by atoms with Crippen molar-refractivity contribution in [1.29, 1.82) is 0 Å². The van der Waals surface area contributed by atoms with Gasteiger partial charge >= 0.3 is 5.97 Å². The maximum absolute atomic E-state index is 12.7. The first-order valence-electron chi connectivity index (χ1n) is 11.7. The Balaban J connectivity index is 1.50. The van der Waals surface area contributed by atoms with Crippen LogP contribution in [0.5, 0.6) is 5.75 Å². The summed E-state index contributed by atoms with van der Waals surface area (Å²) >= 11 is 0. The second-order valence-electron chi connectivity index (χ2n) is 8.37. The number of nitrogens with zero attached hydrogens (tertiary/aromatic N) is 2. The molecule has 0 radical (unpaired) electrons. The second-order valence-corrected chi connectivity index (χ2v) is 8.37. The largest absolute Gasteiger partial charge is 0.489 e. The van der Waals surface area contributed by atoms with E-state index in [0.29, 0.717) is 36.8 Å². The van der Waals surface area contributed by atoms with E-state index in [1.165, 1.54) is 4.90 Å². The molecule has 0 atom stereocenters. The van der Waals surface area contributed by atoms with Gasteiger partial charge in [0, 0.05) is 12.2 Å². The normalized spacial score (nSPS) is 10.6. The van der Waals surface area contributed by atoms with E-state index in [0.717, 1.165) is 16.8 Å². The number of anilines is 1. The highest BCUT2D eigenvalue weighted by Gasteiger charge is 2.19.